The molecule has 0 spiro atoms. The third-order valence-electron chi connectivity index (χ3n) is 4.91. The number of aliphatic hydroxyl groups is 1. The Morgan fingerprint density at radius 3 is 2.28 bits per heavy atom. The van der Waals surface area contributed by atoms with Crippen molar-refractivity contribution in [3.8, 4) is 23.1 Å². The fourth-order valence-electron chi connectivity index (χ4n) is 3.15. The molecule has 0 unspecified atom stereocenters. The minimum absolute atomic E-state index is 0.000742. The fourth-order valence-corrected chi connectivity index (χ4v) is 4.25. The number of rotatable bonds is 7. The van der Waals surface area contributed by atoms with E-state index in [1.165, 1.54) is 4.68 Å². The molecule has 9 heteroatoms. The predicted molar refractivity (Wildman–Crippen MR) is 122 cm³/mol. The van der Waals surface area contributed by atoms with Gasteiger partial charge in [0.2, 0.25) is 5.88 Å². The first kappa shape index (κ1) is 23.3. The Kier molecular flexibility index (Phi) is 6.57. The van der Waals surface area contributed by atoms with Gasteiger partial charge in [-0.25, -0.2) is 13.1 Å². The zero-order valence-electron chi connectivity index (χ0n) is 18.5. The zero-order chi connectivity index (χ0) is 23.5. The molecule has 0 aliphatic rings. The van der Waals surface area contributed by atoms with Gasteiger partial charge in [0.25, 0.3) is 10.0 Å². The fraction of sp³-hybridized carbons (Fsp3) is 0.304. The van der Waals surface area contributed by atoms with Crippen LogP contribution in [0.25, 0.3) is 11.1 Å². The van der Waals surface area contributed by atoms with Crippen molar-refractivity contribution >= 4 is 15.8 Å². The lowest BCUT2D eigenvalue weighted by Crippen LogP contribution is -2.17. The highest BCUT2D eigenvalue weighted by Gasteiger charge is 2.25. The molecule has 2 aromatic carbocycles. The largest absolute Gasteiger partial charge is 0.474 e. The van der Waals surface area contributed by atoms with Gasteiger partial charge in [-0.3, -0.25) is 4.72 Å². The topological polar surface area (TPSA) is 117 Å². The Morgan fingerprint density at radius 1 is 1.12 bits per heavy atom. The quantitative estimate of drug-likeness (QED) is 0.565. The molecule has 168 valence electrons. The van der Waals surface area contributed by atoms with Crippen LogP contribution in [-0.4, -0.2) is 36.5 Å². The third kappa shape index (κ3) is 4.93. The summed E-state index contributed by atoms with van der Waals surface area (Å²) in [6, 6.07) is 15.4. The summed E-state index contributed by atoms with van der Waals surface area (Å²) < 4.78 is 35.8. The number of benzene rings is 2. The molecule has 0 radical (unpaired) electrons. The molecule has 0 saturated carbocycles. The monoisotopic (exact) mass is 454 g/mol. The summed E-state index contributed by atoms with van der Waals surface area (Å²) in [4.78, 5) is 0.121. The van der Waals surface area contributed by atoms with Gasteiger partial charge >= 0.3 is 0 Å². The molecule has 0 bridgehead atoms. The highest BCUT2D eigenvalue weighted by Crippen LogP contribution is 2.37. The summed E-state index contributed by atoms with van der Waals surface area (Å²) >= 11 is 0. The Bertz CT molecular complexity index is 1230. The van der Waals surface area contributed by atoms with Crippen LogP contribution in [0.15, 0.2) is 53.4 Å². The lowest BCUT2D eigenvalue weighted by atomic mass is 9.87. The normalized spacial score (nSPS) is 11.8. The van der Waals surface area contributed by atoms with Crippen molar-refractivity contribution in [2.45, 2.75) is 31.1 Å². The number of ether oxygens (including phenoxy) is 1. The van der Waals surface area contributed by atoms with Crippen molar-refractivity contribution in [1.29, 1.82) is 5.26 Å². The highest BCUT2D eigenvalue weighted by molar-refractivity contribution is 7.92. The second-order valence-corrected chi connectivity index (χ2v) is 9.98. The second-order valence-electron chi connectivity index (χ2n) is 8.29. The van der Waals surface area contributed by atoms with Crippen LogP contribution in [0.3, 0.4) is 0 Å². The van der Waals surface area contributed by atoms with Crippen LogP contribution in [0.2, 0.25) is 0 Å². The van der Waals surface area contributed by atoms with E-state index in [0.29, 0.717) is 16.7 Å². The number of nitriles is 1. The number of sulfonamides is 1. The van der Waals surface area contributed by atoms with E-state index >= 15 is 0 Å². The van der Waals surface area contributed by atoms with Crippen molar-refractivity contribution in [2.24, 2.45) is 7.05 Å². The first-order valence-corrected chi connectivity index (χ1v) is 11.5. The van der Waals surface area contributed by atoms with Crippen molar-refractivity contribution < 1.29 is 18.3 Å². The molecule has 1 heterocycles. The standard InChI is InChI=1S/C23H26N4O4S/c1-23(2,3)18-9-11-19(12-10-18)32(29,30)26-21-20(17-7-5-16(15-24)6-8-17)22(25-27(21)4)31-14-13-28/h5-12,26,28H,13-14H2,1-4H3. The predicted octanol–water partition coefficient (Wildman–Crippen LogP) is 3.43. The lowest BCUT2D eigenvalue weighted by molar-refractivity contribution is 0.196. The van der Waals surface area contributed by atoms with E-state index in [1.807, 2.05) is 0 Å². The van der Waals surface area contributed by atoms with E-state index in [9.17, 15) is 8.42 Å². The average molecular weight is 455 g/mol. The van der Waals surface area contributed by atoms with Gasteiger partial charge in [-0.2, -0.15) is 5.26 Å². The van der Waals surface area contributed by atoms with Crippen LogP contribution in [0.5, 0.6) is 5.88 Å². The van der Waals surface area contributed by atoms with E-state index in [2.05, 4.69) is 36.7 Å². The van der Waals surface area contributed by atoms with Crippen LogP contribution in [-0.2, 0) is 22.5 Å². The van der Waals surface area contributed by atoms with Crippen LogP contribution in [0, 0.1) is 11.3 Å². The van der Waals surface area contributed by atoms with E-state index in [0.717, 1.165) is 5.56 Å². The summed E-state index contributed by atoms with van der Waals surface area (Å²) in [7, 11) is -2.32. The Hall–Kier alpha value is -3.35. The second kappa shape index (κ2) is 9.02. The summed E-state index contributed by atoms with van der Waals surface area (Å²) in [6.45, 7) is 5.96. The summed E-state index contributed by atoms with van der Waals surface area (Å²) in [5.41, 5.74) is 2.43. The SMILES string of the molecule is Cn1nc(OCCO)c(-c2ccc(C#N)cc2)c1NS(=O)(=O)c1ccc(C(C)(C)C)cc1. The van der Waals surface area contributed by atoms with Gasteiger partial charge in [-0.15, -0.1) is 5.10 Å². The number of aryl methyl sites for hydroxylation is 1. The number of anilines is 1. The zero-order valence-corrected chi connectivity index (χ0v) is 19.3. The van der Waals surface area contributed by atoms with Gasteiger partial charge < -0.3 is 9.84 Å². The molecule has 0 saturated heterocycles. The molecular weight excluding hydrogens is 428 g/mol. The molecular formula is C23H26N4O4S. The molecule has 0 atom stereocenters. The molecule has 0 fully saturated rings. The molecule has 0 aliphatic carbocycles. The van der Waals surface area contributed by atoms with Crippen molar-refractivity contribution in [1.82, 2.24) is 9.78 Å². The van der Waals surface area contributed by atoms with Gasteiger partial charge in [0, 0.05) is 7.05 Å². The lowest BCUT2D eigenvalue weighted by Gasteiger charge is -2.19. The van der Waals surface area contributed by atoms with E-state index in [-0.39, 0.29) is 35.2 Å². The van der Waals surface area contributed by atoms with Crippen molar-refractivity contribution in [2.75, 3.05) is 17.9 Å². The molecule has 8 nitrogen and oxygen atoms in total. The Morgan fingerprint density at radius 2 is 1.75 bits per heavy atom. The maximum absolute atomic E-state index is 13.1. The average Bonchev–Trinajstić information content (AvgIpc) is 3.06. The van der Waals surface area contributed by atoms with Crippen molar-refractivity contribution in [3.63, 3.8) is 0 Å². The van der Waals surface area contributed by atoms with E-state index < -0.39 is 10.0 Å². The third-order valence-corrected chi connectivity index (χ3v) is 6.26. The first-order chi connectivity index (χ1) is 15.1. The van der Waals surface area contributed by atoms with Crippen LogP contribution in [0.1, 0.15) is 31.9 Å². The number of nitrogens with zero attached hydrogens (tertiary/aromatic N) is 3. The summed E-state index contributed by atoms with van der Waals surface area (Å²) in [6.07, 6.45) is 0. The number of aliphatic hydroxyl groups excluding tert-OH is 1. The number of hydrogen-bond acceptors (Lipinski definition) is 6. The molecule has 0 amide bonds. The number of hydrogen-bond donors (Lipinski definition) is 2. The Balaban J connectivity index is 2.04. The molecule has 2 N–H and O–H groups in total. The van der Waals surface area contributed by atoms with Crippen LogP contribution >= 0.6 is 0 Å². The first-order valence-electron chi connectivity index (χ1n) is 10.0. The minimum atomic E-state index is -3.92. The molecule has 1 aromatic heterocycles. The van der Waals surface area contributed by atoms with Gasteiger partial charge in [-0.05, 0) is 40.8 Å². The van der Waals surface area contributed by atoms with Crippen LogP contribution < -0.4 is 9.46 Å². The Labute approximate surface area is 188 Å². The number of aromatic nitrogens is 2. The van der Waals surface area contributed by atoms with Crippen LogP contribution in [0.4, 0.5) is 5.82 Å². The van der Waals surface area contributed by atoms with Gasteiger partial charge in [0.15, 0.2) is 0 Å². The number of nitrogens with one attached hydrogen (secondary N) is 1. The summed E-state index contributed by atoms with van der Waals surface area (Å²) in [5, 5.41) is 22.5. The maximum Gasteiger partial charge on any atom is 0.263 e. The molecule has 3 rings (SSSR count). The highest BCUT2D eigenvalue weighted by atomic mass is 32.2. The summed E-state index contributed by atoms with van der Waals surface area (Å²) in [5.74, 6) is 0.384. The van der Waals surface area contributed by atoms with Gasteiger partial charge in [0.05, 0.1) is 28.7 Å². The van der Waals surface area contributed by atoms with Gasteiger partial charge in [0.1, 0.15) is 12.4 Å². The molecule has 32 heavy (non-hydrogen) atoms. The van der Waals surface area contributed by atoms with E-state index in [1.54, 1.807) is 55.6 Å². The van der Waals surface area contributed by atoms with Crippen molar-refractivity contribution in [3.05, 3.63) is 59.7 Å². The van der Waals surface area contributed by atoms with Gasteiger partial charge in [-0.1, -0.05) is 45.0 Å². The maximum atomic E-state index is 13.1. The molecule has 0 aliphatic heterocycles. The molecule has 3 aromatic rings. The smallest absolute Gasteiger partial charge is 0.263 e. The minimum Gasteiger partial charge on any atom is -0.474 e. The van der Waals surface area contributed by atoms with E-state index in [4.69, 9.17) is 15.1 Å².